The number of fused-ring (bicyclic) bond motifs is 1. The molecule has 2 saturated heterocycles. The third kappa shape index (κ3) is 4.44. The fourth-order valence-corrected chi connectivity index (χ4v) is 6.17. The molecule has 3 aromatic rings. The van der Waals surface area contributed by atoms with Crippen LogP contribution in [0, 0.1) is 5.41 Å². The van der Waals surface area contributed by atoms with Gasteiger partial charge in [-0.15, -0.1) is 0 Å². The Morgan fingerprint density at radius 2 is 1.97 bits per heavy atom. The van der Waals surface area contributed by atoms with Crippen LogP contribution in [-0.4, -0.2) is 53.9 Å². The number of amides is 1. The van der Waals surface area contributed by atoms with Gasteiger partial charge >= 0.3 is 0 Å². The van der Waals surface area contributed by atoms with Crippen LogP contribution in [0.3, 0.4) is 0 Å². The molecular weight excluding hydrogens is 452 g/mol. The van der Waals surface area contributed by atoms with Crippen LogP contribution in [0.4, 0.5) is 0 Å². The summed E-state index contributed by atoms with van der Waals surface area (Å²) in [5, 5.41) is 17.3. The van der Waals surface area contributed by atoms with E-state index in [0.29, 0.717) is 29.7 Å². The maximum Gasteiger partial charge on any atom is 0.253 e. The van der Waals surface area contributed by atoms with Crippen LogP contribution in [0.25, 0.3) is 22.2 Å². The topological polar surface area (TPSA) is 99.3 Å². The molecular formula is C29H36N4O3. The first-order chi connectivity index (χ1) is 17.7. The van der Waals surface area contributed by atoms with Crippen molar-refractivity contribution in [1.82, 2.24) is 20.6 Å². The Morgan fingerprint density at radius 1 is 1.11 bits per heavy atom. The molecule has 0 spiro atoms. The molecule has 2 aromatic heterocycles. The van der Waals surface area contributed by atoms with Crippen LogP contribution in [0.1, 0.15) is 78.4 Å². The lowest BCUT2D eigenvalue weighted by Gasteiger charge is -2.40. The lowest BCUT2D eigenvalue weighted by atomic mass is 9.69. The SMILES string of the molecule is O=C(NCC1(CO)CCC1)c1c[nH]c2ncc(-c3ccc(C4CCOCC4)c(C4CCCN4)c3)cc12. The number of nitrogens with one attached hydrogen (secondary N) is 3. The van der Waals surface area contributed by atoms with E-state index in [0.717, 1.165) is 74.8 Å². The number of carbonyl (C=O) groups is 1. The van der Waals surface area contributed by atoms with Crippen LogP contribution in [0.15, 0.2) is 36.7 Å². The third-order valence-corrected chi connectivity index (χ3v) is 8.67. The molecule has 0 radical (unpaired) electrons. The van der Waals surface area contributed by atoms with Crippen LogP contribution in [0.2, 0.25) is 0 Å². The standard InChI is InChI=1S/C29H36N4O3/c34-18-29(8-2-9-29)17-33-28(35)25-16-32-27-24(25)14-21(15-31-27)20-4-5-22(19-6-11-36-12-7-19)23(13-20)26-3-1-10-30-26/h4-5,13-16,19,26,30,34H,1-3,6-12,17-18H2,(H,31,32)(H,33,35). The molecule has 36 heavy (non-hydrogen) atoms. The number of hydrogen-bond acceptors (Lipinski definition) is 5. The van der Waals surface area contributed by atoms with Crippen LogP contribution in [0.5, 0.6) is 0 Å². The number of ether oxygens (including phenoxy) is 1. The summed E-state index contributed by atoms with van der Waals surface area (Å²) in [5.74, 6) is 0.425. The summed E-state index contributed by atoms with van der Waals surface area (Å²) >= 11 is 0. The number of rotatable bonds is 7. The first-order valence-electron chi connectivity index (χ1n) is 13.5. The Hall–Kier alpha value is -2.74. The second kappa shape index (κ2) is 9.96. The van der Waals surface area contributed by atoms with E-state index in [1.165, 1.54) is 17.5 Å². The number of benzene rings is 1. The number of aliphatic hydroxyl groups excluding tert-OH is 1. The van der Waals surface area contributed by atoms with Gasteiger partial charge in [-0.25, -0.2) is 4.98 Å². The predicted octanol–water partition coefficient (Wildman–Crippen LogP) is 4.44. The number of hydrogen-bond donors (Lipinski definition) is 4. The molecule has 3 aliphatic rings. The minimum Gasteiger partial charge on any atom is -0.396 e. The average molecular weight is 489 g/mol. The Bertz CT molecular complexity index is 1230. The van der Waals surface area contributed by atoms with E-state index in [2.05, 4.69) is 44.9 Å². The van der Waals surface area contributed by atoms with Gasteiger partial charge in [-0.1, -0.05) is 18.6 Å². The molecule has 1 aromatic carbocycles. The van der Waals surface area contributed by atoms with Gasteiger partial charge in [0.15, 0.2) is 0 Å². The number of H-pyrrole nitrogens is 1. The van der Waals surface area contributed by atoms with E-state index in [4.69, 9.17) is 4.74 Å². The molecule has 7 nitrogen and oxygen atoms in total. The van der Waals surface area contributed by atoms with Crippen LogP contribution in [-0.2, 0) is 4.74 Å². The van der Waals surface area contributed by atoms with Crippen molar-refractivity contribution in [2.24, 2.45) is 5.41 Å². The van der Waals surface area contributed by atoms with Crippen LogP contribution < -0.4 is 10.6 Å². The molecule has 3 fully saturated rings. The van der Waals surface area contributed by atoms with Gasteiger partial charge in [-0.05, 0) is 79.8 Å². The quantitative estimate of drug-likeness (QED) is 0.394. The summed E-state index contributed by atoms with van der Waals surface area (Å²) in [4.78, 5) is 20.9. The summed E-state index contributed by atoms with van der Waals surface area (Å²) in [6, 6.07) is 9.32. The number of aromatic nitrogens is 2. The van der Waals surface area contributed by atoms with E-state index in [1.807, 2.05) is 6.20 Å². The predicted molar refractivity (Wildman–Crippen MR) is 140 cm³/mol. The van der Waals surface area contributed by atoms with Gasteiger partial charge in [0, 0.05) is 54.6 Å². The minimum absolute atomic E-state index is 0.120. The van der Waals surface area contributed by atoms with Crippen LogP contribution >= 0.6 is 0 Å². The second-order valence-corrected chi connectivity index (χ2v) is 10.9. The molecule has 7 heteroatoms. The molecule has 6 rings (SSSR count). The zero-order chi connectivity index (χ0) is 24.5. The first kappa shape index (κ1) is 23.6. The fraction of sp³-hybridized carbons (Fsp3) is 0.517. The third-order valence-electron chi connectivity index (χ3n) is 8.67. The smallest absolute Gasteiger partial charge is 0.253 e. The lowest BCUT2D eigenvalue weighted by Crippen LogP contribution is -2.44. The van der Waals surface area contributed by atoms with Crippen molar-refractivity contribution in [3.05, 3.63) is 53.3 Å². The average Bonchev–Trinajstić information content (AvgIpc) is 3.58. The molecule has 4 N–H and O–H groups in total. The van der Waals surface area contributed by atoms with Crippen molar-refractivity contribution in [2.75, 3.05) is 32.9 Å². The first-order valence-corrected chi connectivity index (χ1v) is 13.5. The normalized spacial score (nSPS) is 22.0. The van der Waals surface area contributed by atoms with E-state index >= 15 is 0 Å². The number of carbonyl (C=O) groups excluding carboxylic acids is 1. The molecule has 4 heterocycles. The van der Waals surface area contributed by atoms with E-state index in [9.17, 15) is 9.90 Å². The molecule has 1 amide bonds. The summed E-state index contributed by atoms with van der Waals surface area (Å²) in [6.07, 6.45) is 11.2. The number of nitrogens with zero attached hydrogens (tertiary/aromatic N) is 1. The highest BCUT2D eigenvalue weighted by Gasteiger charge is 2.36. The molecule has 1 aliphatic carbocycles. The van der Waals surface area contributed by atoms with Gasteiger partial charge in [0.05, 0.1) is 12.2 Å². The second-order valence-electron chi connectivity index (χ2n) is 10.9. The molecule has 2 aliphatic heterocycles. The van der Waals surface area contributed by atoms with E-state index in [-0.39, 0.29) is 17.9 Å². The fourth-order valence-electron chi connectivity index (χ4n) is 6.17. The zero-order valence-electron chi connectivity index (χ0n) is 20.8. The summed E-state index contributed by atoms with van der Waals surface area (Å²) in [7, 11) is 0. The van der Waals surface area contributed by atoms with Crippen molar-refractivity contribution in [3.8, 4) is 11.1 Å². The van der Waals surface area contributed by atoms with Crippen molar-refractivity contribution >= 4 is 16.9 Å². The van der Waals surface area contributed by atoms with E-state index in [1.54, 1.807) is 6.20 Å². The largest absolute Gasteiger partial charge is 0.396 e. The van der Waals surface area contributed by atoms with Gasteiger partial charge in [-0.3, -0.25) is 4.79 Å². The van der Waals surface area contributed by atoms with Gasteiger partial charge in [0.25, 0.3) is 5.91 Å². The summed E-state index contributed by atoms with van der Waals surface area (Å²) < 4.78 is 5.62. The maximum absolute atomic E-state index is 13.1. The van der Waals surface area contributed by atoms with E-state index < -0.39 is 0 Å². The van der Waals surface area contributed by atoms with Gasteiger partial charge in [0.2, 0.25) is 0 Å². The van der Waals surface area contributed by atoms with Crippen molar-refractivity contribution < 1.29 is 14.6 Å². The van der Waals surface area contributed by atoms with Gasteiger partial charge < -0.3 is 25.5 Å². The molecule has 1 unspecified atom stereocenters. The molecule has 190 valence electrons. The molecule has 0 bridgehead atoms. The number of pyridine rings is 1. The minimum atomic E-state index is -0.151. The zero-order valence-corrected chi connectivity index (χ0v) is 20.8. The Kier molecular flexibility index (Phi) is 6.54. The van der Waals surface area contributed by atoms with Gasteiger partial charge in [-0.2, -0.15) is 0 Å². The Balaban J connectivity index is 1.30. The Morgan fingerprint density at radius 3 is 2.69 bits per heavy atom. The maximum atomic E-state index is 13.1. The highest BCUT2D eigenvalue weighted by atomic mass is 16.5. The summed E-state index contributed by atoms with van der Waals surface area (Å²) in [6.45, 7) is 3.36. The number of aromatic amines is 1. The van der Waals surface area contributed by atoms with Crippen molar-refractivity contribution in [2.45, 2.75) is 56.9 Å². The molecule has 1 saturated carbocycles. The highest BCUT2D eigenvalue weighted by molar-refractivity contribution is 6.06. The van der Waals surface area contributed by atoms with Gasteiger partial charge in [0.1, 0.15) is 5.65 Å². The van der Waals surface area contributed by atoms with Crippen molar-refractivity contribution in [3.63, 3.8) is 0 Å². The lowest BCUT2D eigenvalue weighted by molar-refractivity contribution is 0.0429. The summed E-state index contributed by atoms with van der Waals surface area (Å²) in [5.41, 5.74) is 6.15. The van der Waals surface area contributed by atoms with Crippen molar-refractivity contribution in [1.29, 1.82) is 0 Å². The highest BCUT2D eigenvalue weighted by Crippen LogP contribution is 2.40. The number of aliphatic hydroxyl groups is 1. The molecule has 1 atom stereocenters. The Labute approximate surface area is 212 Å². The monoisotopic (exact) mass is 488 g/mol.